The first-order valence-corrected chi connectivity index (χ1v) is 22.9. The van der Waals surface area contributed by atoms with E-state index in [-0.39, 0.29) is 24.0 Å². The average Bonchev–Trinajstić information content (AvgIpc) is 3.13. The Balaban J connectivity index is 4.11. The van der Waals surface area contributed by atoms with Gasteiger partial charge in [-0.05, 0) is 75.8 Å². The summed E-state index contributed by atoms with van der Waals surface area (Å²) >= 11 is 0. The van der Waals surface area contributed by atoms with Gasteiger partial charge in [0.15, 0.2) is 0 Å². The second kappa shape index (κ2) is 38.1. The van der Waals surface area contributed by atoms with E-state index in [0.29, 0.717) is 32.0 Å². The standard InChI is InChI=1S/C46H91NO5/c1-6-9-12-15-16-20-27-35-45(50)52-42-46(4,5)36-28-23-30-38-47(39-31-40-48)37-29-22-17-21-26-34-44(49)51-41-43(32-24-18-13-10-7-2)33-25-19-14-11-8-3/h43,48H,6-42H2,1-5H3. The monoisotopic (exact) mass is 738 g/mol. The number of esters is 2. The van der Waals surface area contributed by atoms with Crippen molar-refractivity contribution in [2.24, 2.45) is 11.3 Å². The van der Waals surface area contributed by atoms with Crippen molar-refractivity contribution in [3.8, 4) is 0 Å². The molecule has 0 radical (unpaired) electrons. The van der Waals surface area contributed by atoms with Crippen LogP contribution in [-0.2, 0) is 19.1 Å². The summed E-state index contributed by atoms with van der Waals surface area (Å²) in [6.07, 6.45) is 36.0. The number of ether oxygens (including phenoxy) is 2. The van der Waals surface area contributed by atoms with Gasteiger partial charge in [-0.1, -0.05) is 169 Å². The number of aliphatic hydroxyl groups is 1. The van der Waals surface area contributed by atoms with E-state index in [4.69, 9.17) is 9.47 Å². The Morgan fingerprint density at radius 1 is 0.519 bits per heavy atom. The molecule has 310 valence electrons. The molecule has 0 unspecified atom stereocenters. The van der Waals surface area contributed by atoms with Crippen LogP contribution < -0.4 is 0 Å². The number of carbonyl (C=O) groups excluding carboxylic acids is 2. The van der Waals surface area contributed by atoms with Crippen molar-refractivity contribution in [2.45, 2.75) is 234 Å². The molecule has 0 heterocycles. The van der Waals surface area contributed by atoms with E-state index in [1.54, 1.807) is 0 Å². The van der Waals surface area contributed by atoms with Gasteiger partial charge in [0.25, 0.3) is 0 Å². The van der Waals surface area contributed by atoms with E-state index in [2.05, 4.69) is 39.5 Å². The summed E-state index contributed by atoms with van der Waals surface area (Å²) in [5.41, 5.74) is 0.0205. The molecule has 6 heteroatoms. The van der Waals surface area contributed by atoms with Crippen LogP contribution in [0.3, 0.4) is 0 Å². The summed E-state index contributed by atoms with van der Waals surface area (Å²) in [6.45, 7) is 15.7. The number of hydrogen-bond acceptors (Lipinski definition) is 6. The fourth-order valence-corrected chi connectivity index (χ4v) is 7.19. The smallest absolute Gasteiger partial charge is 0.305 e. The van der Waals surface area contributed by atoms with Gasteiger partial charge in [0.2, 0.25) is 0 Å². The topological polar surface area (TPSA) is 76.1 Å². The van der Waals surface area contributed by atoms with Crippen LogP contribution >= 0.6 is 0 Å². The predicted octanol–water partition coefficient (Wildman–Crippen LogP) is 13.2. The fraction of sp³-hybridized carbons (Fsp3) is 0.957. The highest BCUT2D eigenvalue weighted by Crippen LogP contribution is 2.25. The maximum Gasteiger partial charge on any atom is 0.305 e. The fourth-order valence-electron chi connectivity index (χ4n) is 7.19. The van der Waals surface area contributed by atoms with Crippen LogP contribution in [-0.4, -0.2) is 61.4 Å². The van der Waals surface area contributed by atoms with Crippen molar-refractivity contribution in [3.63, 3.8) is 0 Å². The Kier molecular flexibility index (Phi) is 37.3. The molecule has 6 nitrogen and oxygen atoms in total. The minimum atomic E-state index is -0.0328. The van der Waals surface area contributed by atoms with Crippen LogP contribution in [0, 0.1) is 11.3 Å². The van der Waals surface area contributed by atoms with E-state index in [1.165, 1.54) is 135 Å². The molecule has 0 saturated heterocycles. The molecule has 52 heavy (non-hydrogen) atoms. The zero-order chi connectivity index (χ0) is 38.4. The summed E-state index contributed by atoms with van der Waals surface area (Å²) in [6, 6.07) is 0. The highest BCUT2D eigenvalue weighted by atomic mass is 16.5. The molecule has 0 spiro atoms. The first-order valence-electron chi connectivity index (χ1n) is 22.9. The van der Waals surface area contributed by atoms with Crippen molar-refractivity contribution in [1.29, 1.82) is 0 Å². The maximum absolute atomic E-state index is 12.5. The molecule has 0 aliphatic rings. The Hall–Kier alpha value is -1.14. The molecular weight excluding hydrogens is 647 g/mol. The Bertz CT molecular complexity index is 758. The SMILES string of the molecule is CCCCCCCCCC(=O)OCC(C)(C)CCCCCN(CCCO)CCCCCCCC(=O)OCC(CCCCCCC)CCCCCCC. The summed E-state index contributed by atoms with van der Waals surface area (Å²) in [7, 11) is 0. The summed E-state index contributed by atoms with van der Waals surface area (Å²) in [5, 5.41) is 9.42. The van der Waals surface area contributed by atoms with E-state index < -0.39 is 0 Å². The molecule has 0 aliphatic heterocycles. The zero-order valence-corrected chi connectivity index (χ0v) is 35.8. The Morgan fingerprint density at radius 2 is 0.923 bits per heavy atom. The van der Waals surface area contributed by atoms with Crippen molar-refractivity contribution in [3.05, 3.63) is 0 Å². The molecule has 0 atom stereocenters. The molecular formula is C46H91NO5. The van der Waals surface area contributed by atoms with Crippen LogP contribution in [0.15, 0.2) is 0 Å². The van der Waals surface area contributed by atoms with Gasteiger partial charge in [0, 0.05) is 26.0 Å². The molecule has 0 aliphatic carbocycles. The molecule has 1 N–H and O–H groups in total. The third kappa shape index (κ3) is 35.9. The van der Waals surface area contributed by atoms with Gasteiger partial charge in [-0.15, -0.1) is 0 Å². The molecule has 0 fully saturated rings. The maximum atomic E-state index is 12.5. The normalized spacial score (nSPS) is 11.9. The highest BCUT2D eigenvalue weighted by molar-refractivity contribution is 5.69. The molecule has 0 aromatic carbocycles. The quantitative estimate of drug-likeness (QED) is 0.0497. The Morgan fingerprint density at radius 3 is 1.42 bits per heavy atom. The first-order chi connectivity index (χ1) is 25.3. The lowest BCUT2D eigenvalue weighted by Crippen LogP contribution is -2.28. The number of aliphatic hydroxyl groups excluding tert-OH is 1. The largest absolute Gasteiger partial charge is 0.465 e. The van der Waals surface area contributed by atoms with Crippen LogP contribution in [0.5, 0.6) is 0 Å². The van der Waals surface area contributed by atoms with E-state index in [1.807, 2.05) is 0 Å². The highest BCUT2D eigenvalue weighted by Gasteiger charge is 2.20. The molecule has 0 amide bonds. The second-order valence-corrected chi connectivity index (χ2v) is 16.9. The lowest BCUT2D eigenvalue weighted by molar-refractivity contribution is -0.147. The van der Waals surface area contributed by atoms with Gasteiger partial charge in [-0.25, -0.2) is 0 Å². The van der Waals surface area contributed by atoms with Gasteiger partial charge in [-0.3, -0.25) is 9.59 Å². The van der Waals surface area contributed by atoms with Gasteiger partial charge in [0.05, 0.1) is 13.2 Å². The number of rotatable bonds is 41. The number of hydrogen-bond donors (Lipinski definition) is 1. The lowest BCUT2D eigenvalue weighted by Gasteiger charge is -2.25. The molecule has 0 rings (SSSR count). The van der Waals surface area contributed by atoms with Crippen LogP contribution in [0.4, 0.5) is 0 Å². The zero-order valence-electron chi connectivity index (χ0n) is 35.8. The van der Waals surface area contributed by atoms with Gasteiger partial charge in [-0.2, -0.15) is 0 Å². The minimum Gasteiger partial charge on any atom is -0.465 e. The Labute approximate surface area is 324 Å². The minimum absolute atomic E-state index is 0.000324. The van der Waals surface area contributed by atoms with E-state index >= 15 is 0 Å². The second-order valence-electron chi connectivity index (χ2n) is 16.9. The molecule has 0 aromatic heterocycles. The number of nitrogens with zero attached hydrogens (tertiary/aromatic N) is 1. The lowest BCUT2D eigenvalue weighted by atomic mass is 9.88. The molecule has 0 bridgehead atoms. The van der Waals surface area contributed by atoms with E-state index in [0.717, 1.165) is 71.0 Å². The van der Waals surface area contributed by atoms with Gasteiger partial charge in [0.1, 0.15) is 0 Å². The van der Waals surface area contributed by atoms with Crippen LogP contribution in [0.1, 0.15) is 234 Å². The van der Waals surface area contributed by atoms with Crippen molar-refractivity contribution < 1.29 is 24.2 Å². The summed E-state index contributed by atoms with van der Waals surface area (Å²) in [4.78, 5) is 27.3. The molecule has 0 aromatic rings. The van der Waals surface area contributed by atoms with Crippen molar-refractivity contribution in [2.75, 3.05) is 39.5 Å². The van der Waals surface area contributed by atoms with Crippen molar-refractivity contribution >= 4 is 11.9 Å². The average molecular weight is 738 g/mol. The van der Waals surface area contributed by atoms with E-state index in [9.17, 15) is 14.7 Å². The van der Waals surface area contributed by atoms with Gasteiger partial charge < -0.3 is 19.5 Å². The number of carbonyl (C=O) groups is 2. The van der Waals surface area contributed by atoms with Crippen LogP contribution in [0.25, 0.3) is 0 Å². The first kappa shape index (κ1) is 50.9. The van der Waals surface area contributed by atoms with Crippen molar-refractivity contribution in [1.82, 2.24) is 4.90 Å². The summed E-state index contributed by atoms with van der Waals surface area (Å²) in [5.74, 6) is 0.503. The third-order valence-corrected chi connectivity index (χ3v) is 10.8. The number of unbranched alkanes of at least 4 members (excludes halogenated alkanes) is 20. The predicted molar refractivity (Wildman–Crippen MR) is 223 cm³/mol. The summed E-state index contributed by atoms with van der Waals surface area (Å²) < 4.78 is 11.4. The third-order valence-electron chi connectivity index (χ3n) is 10.8. The molecule has 0 saturated carbocycles. The van der Waals surface area contributed by atoms with Gasteiger partial charge >= 0.3 is 11.9 Å². The van der Waals surface area contributed by atoms with Crippen LogP contribution in [0.2, 0.25) is 0 Å².